The summed E-state index contributed by atoms with van der Waals surface area (Å²) in [6.45, 7) is 0. The van der Waals surface area contributed by atoms with Crippen molar-refractivity contribution < 1.29 is 0 Å². The highest BCUT2D eigenvalue weighted by Gasteiger charge is 2.07. The van der Waals surface area contributed by atoms with Gasteiger partial charge < -0.3 is 11.1 Å². The Balaban J connectivity index is 2.36. The molecule has 0 saturated carbocycles. The maximum absolute atomic E-state index is 6.03. The monoisotopic (exact) mass is 258 g/mol. The van der Waals surface area contributed by atoms with Crippen LogP contribution in [0.15, 0.2) is 29.0 Å². The van der Waals surface area contributed by atoms with E-state index in [1.54, 1.807) is 23.5 Å². The van der Waals surface area contributed by atoms with Crippen molar-refractivity contribution in [2.75, 3.05) is 11.1 Å². The Kier molecular flexibility index (Phi) is 3.05. The molecular formula is C10H8Cl2N2S. The standard InChI is InChI=1S/C10H8Cl2N2S/c11-8-3-6(13)4-9(12)10(8)14-7-1-2-15-5-7/h1-5,14H,13H2. The zero-order valence-corrected chi connectivity index (χ0v) is 9.96. The molecule has 15 heavy (non-hydrogen) atoms. The molecule has 0 amide bonds. The highest BCUT2D eigenvalue weighted by atomic mass is 35.5. The van der Waals surface area contributed by atoms with Crippen molar-refractivity contribution in [3.63, 3.8) is 0 Å². The Labute approximate surface area is 102 Å². The molecule has 1 heterocycles. The summed E-state index contributed by atoms with van der Waals surface area (Å²) in [5.74, 6) is 0. The molecule has 0 bridgehead atoms. The molecule has 2 nitrogen and oxygen atoms in total. The van der Waals surface area contributed by atoms with E-state index in [1.807, 2.05) is 16.8 Å². The van der Waals surface area contributed by atoms with E-state index in [0.717, 1.165) is 5.69 Å². The van der Waals surface area contributed by atoms with Crippen LogP contribution < -0.4 is 11.1 Å². The number of halogens is 2. The molecule has 78 valence electrons. The van der Waals surface area contributed by atoms with Gasteiger partial charge in [0.15, 0.2) is 0 Å². The summed E-state index contributed by atoms with van der Waals surface area (Å²) in [6.07, 6.45) is 0. The van der Waals surface area contributed by atoms with Crippen LogP contribution >= 0.6 is 34.5 Å². The molecule has 0 radical (unpaired) electrons. The van der Waals surface area contributed by atoms with Crippen LogP contribution in [-0.4, -0.2) is 0 Å². The van der Waals surface area contributed by atoms with Gasteiger partial charge in [0.1, 0.15) is 0 Å². The van der Waals surface area contributed by atoms with E-state index < -0.39 is 0 Å². The summed E-state index contributed by atoms with van der Waals surface area (Å²) in [5, 5.41) is 8.13. The van der Waals surface area contributed by atoms with Gasteiger partial charge in [-0.1, -0.05) is 23.2 Å². The molecule has 2 aromatic rings. The third-order valence-corrected chi connectivity index (χ3v) is 3.13. The molecule has 0 atom stereocenters. The van der Waals surface area contributed by atoms with Crippen molar-refractivity contribution in [2.45, 2.75) is 0 Å². The number of nitrogens with two attached hydrogens (primary N) is 1. The van der Waals surface area contributed by atoms with E-state index in [4.69, 9.17) is 28.9 Å². The number of hydrogen-bond donors (Lipinski definition) is 2. The fourth-order valence-corrected chi connectivity index (χ4v) is 2.38. The minimum absolute atomic E-state index is 0.520. The summed E-state index contributed by atoms with van der Waals surface area (Å²) in [7, 11) is 0. The van der Waals surface area contributed by atoms with Crippen LogP contribution in [0.3, 0.4) is 0 Å². The molecule has 3 N–H and O–H groups in total. The first-order valence-electron chi connectivity index (χ1n) is 4.20. The first-order valence-corrected chi connectivity index (χ1v) is 5.90. The molecule has 5 heteroatoms. The maximum Gasteiger partial charge on any atom is 0.0764 e. The third kappa shape index (κ3) is 2.37. The van der Waals surface area contributed by atoms with Crippen molar-refractivity contribution in [3.05, 3.63) is 39.0 Å². The van der Waals surface area contributed by atoms with Crippen molar-refractivity contribution in [2.24, 2.45) is 0 Å². The fourth-order valence-electron chi connectivity index (χ4n) is 1.19. The average Bonchev–Trinajstić information content (AvgIpc) is 2.63. The molecule has 0 aliphatic carbocycles. The van der Waals surface area contributed by atoms with E-state index in [9.17, 15) is 0 Å². The smallest absolute Gasteiger partial charge is 0.0764 e. The van der Waals surface area contributed by atoms with Crippen molar-refractivity contribution in [3.8, 4) is 0 Å². The number of nitrogens with one attached hydrogen (secondary N) is 1. The van der Waals surface area contributed by atoms with Crippen LogP contribution in [0.2, 0.25) is 10.0 Å². The molecule has 0 unspecified atom stereocenters. The lowest BCUT2D eigenvalue weighted by atomic mass is 10.2. The average molecular weight is 259 g/mol. The molecule has 2 rings (SSSR count). The van der Waals surface area contributed by atoms with Gasteiger partial charge in [-0.2, -0.15) is 11.3 Å². The number of rotatable bonds is 2. The Hall–Kier alpha value is -0.900. The minimum Gasteiger partial charge on any atom is -0.399 e. The number of nitrogen functional groups attached to an aromatic ring is 1. The van der Waals surface area contributed by atoms with Crippen LogP contribution in [0.4, 0.5) is 17.1 Å². The molecule has 0 spiro atoms. The number of hydrogen-bond acceptors (Lipinski definition) is 3. The van der Waals surface area contributed by atoms with E-state index >= 15 is 0 Å². The second-order valence-corrected chi connectivity index (χ2v) is 4.59. The predicted octanol–water partition coefficient (Wildman–Crippen LogP) is 4.38. The Morgan fingerprint density at radius 2 is 1.87 bits per heavy atom. The lowest BCUT2D eigenvalue weighted by Crippen LogP contribution is -1.93. The molecule has 0 aliphatic rings. The maximum atomic E-state index is 6.03. The van der Waals surface area contributed by atoms with E-state index in [-0.39, 0.29) is 0 Å². The van der Waals surface area contributed by atoms with Gasteiger partial charge in [0, 0.05) is 16.8 Å². The van der Waals surface area contributed by atoms with Crippen LogP contribution in [0.25, 0.3) is 0 Å². The molecule has 0 fully saturated rings. The Morgan fingerprint density at radius 1 is 1.20 bits per heavy atom. The van der Waals surface area contributed by atoms with Crippen LogP contribution in [0.1, 0.15) is 0 Å². The lowest BCUT2D eigenvalue weighted by molar-refractivity contribution is 1.58. The molecule has 0 aliphatic heterocycles. The van der Waals surface area contributed by atoms with Gasteiger partial charge in [0.2, 0.25) is 0 Å². The third-order valence-electron chi connectivity index (χ3n) is 1.85. The predicted molar refractivity (Wildman–Crippen MR) is 68.5 cm³/mol. The minimum atomic E-state index is 0.520. The molecule has 0 saturated heterocycles. The topological polar surface area (TPSA) is 38.0 Å². The molecule has 1 aromatic carbocycles. The zero-order chi connectivity index (χ0) is 10.8. The van der Waals surface area contributed by atoms with Crippen LogP contribution in [0.5, 0.6) is 0 Å². The quantitative estimate of drug-likeness (QED) is 0.785. The zero-order valence-electron chi connectivity index (χ0n) is 7.63. The lowest BCUT2D eigenvalue weighted by Gasteiger charge is -2.09. The second kappa shape index (κ2) is 4.31. The fraction of sp³-hybridized carbons (Fsp3) is 0. The van der Waals surface area contributed by atoms with E-state index in [0.29, 0.717) is 21.4 Å². The Morgan fingerprint density at radius 3 is 2.40 bits per heavy atom. The Bertz CT molecular complexity index is 445. The molecular weight excluding hydrogens is 251 g/mol. The van der Waals surface area contributed by atoms with Crippen LogP contribution in [0, 0.1) is 0 Å². The largest absolute Gasteiger partial charge is 0.399 e. The van der Waals surface area contributed by atoms with Gasteiger partial charge in [-0.15, -0.1) is 0 Å². The van der Waals surface area contributed by atoms with Gasteiger partial charge in [0.05, 0.1) is 15.7 Å². The van der Waals surface area contributed by atoms with Crippen molar-refractivity contribution in [1.82, 2.24) is 0 Å². The van der Waals surface area contributed by atoms with Gasteiger partial charge in [-0.05, 0) is 23.6 Å². The van der Waals surface area contributed by atoms with Gasteiger partial charge in [-0.25, -0.2) is 0 Å². The summed E-state index contributed by atoms with van der Waals surface area (Å²) in [4.78, 5) is 0. The molecule has 1 aromatic heterocycles. The highest BCUT2D eigenvalue weighted by Crippen LogP contribution is 2.35. The number of thiophene rings is 1. The summed E-state index contributed by atoms with van der Waals surface area (Å²) in [5.41, 5.74) is 7.82. The first kappa shape index (κ1) is 10.6. The van der Waals surface area contributed by atoms with E-state index in [2.05, 4.69) is 5.32 Å². The summed E-state index contributed by atoms with van der Waals surface area (Å²) in [6, 6.07) is 5.29. The van der Waals surface area contributed by atoms with Crippen LogP contribution in [-0.2, 0) is 0 Å². The first-order chi connectivity index (χ1) is 7.16. The van der Waals surface area contributed by atoms with Gasteiger partial charge in [-0.3, -0.25) is 0 Å². The van der Waals surface area contributed by atoms with Crippen molar-refractivity contribution >= 4 is 51.6 Å². The SMILES string of the molecule is Nc1cc(Cl)c(Nc2ccsc2)c(Cl)c1. The highest BCUT2D eigenvalue weighted by molar-refractivity contribution is 7.08. The second-order valence-electron chi connectivity index (χ2n) is 3.00. The number of benzene rings is 1. The summed E-state index contributed by atoms with van der Waals surface area (Å²) >= 11 is 13.7. The summed E-state index contributed by atoms with van der Waals surface area (Å²) < 4.78 is 0. The number of anilines is 3. The normalized spacial score (nSPS) is 10.3. The van der Waals surface area contributed by atoms with Crippen molar-refractivity contribution in [1.29, 1.82) is 0 Å². The van der Waals surface area contributed by atoms with Gasteiger partial charge >= 0.3 is 0 Å². The van der Waals surface area contributed by atoms with Gasteiger partial charge in [0.25, 0.3) is 0 Å². The van der Waals surface area contributed by atoms with E-state index in [1.165, 1.54) is 0 Å².